The number of halogens is 1. The molecular weight excluding hydrogens is 99.5 g/mol. The van der Waals surface area contributed by atoms with Crippen molar-refractivity contribution in [3.8, 4) is 0 Å². The minimum Gasteiger partial charge on any atom is -0.372 e. The lowest BCUT2D eigenvalue weighted by Gasteiger charge is -1.67. The Hall–Kier alpha value is 0.250. The summed E-state index contributed by atoms with van der Waals surface area (Å²) >= 11 is 5.27. The fourth-order valence-electron chi connectivity index (χ4n) is 0.157. The molecule has 1 heterocycles. The van der Waals surface area contributed by atoms with Gasteiger partial charge in [0.2, 0.25) is 0 Å². The van der Waals surface area contributed by atoms with E-state index in [1.165, 1.54) is 0 Å². The Kier molecular flexibility index (Phi) is 2.53. The van der Waals surface area contributed by atoms with E-state index >= 15 is 0 Å². The van der Waals surface area contributed by atoms with Crippen LogP contribution in [-0.2, 0) is 4.74 Å². The van der Waals surface area contributed by atoms with Crippen LogP contribution in [-0.4, -0.2) is 18.6 Å². The fourth-order valence-corrected chi connectivity index (χ4v) is 0.335. The summed E-state index contributed by atoms with van der Waals surface area (Å²) in [6, 6.07) is 0. The number of ether oxygens (including phenoxy) is 1. The van der Waals surface area contributed by atoms with Gasteiger partial charge in [0.15, 0.2) is 0 Å². The van der Waals surface area contributed by atoms with Crippen LogP contribution in [0.1, 0.15) is 7.43 Å². The second kappa shape index (κ2) is 2.43. The molecule has 0 aromatic carbocycles. The molecule has 0 aliphatic carbocycles. The highest BCUT2D eigenvalue weighted by atomic mass is 35.5. The van der Waals surface area contributed by atoms with Gasteiger partial charge in [0.05, 0.1) is 18.6 Å². The number of hydrogen-bond donors (Lipinski definition) is 0. The first-order valence-electron chi connectivity index (χ1n) is 1.61. The Morgan fingerprint density at radius 1 is 1.83 bits per heavy atom. The van der Waals surface area contributed by atoms with E-state index in [2.05, 4.69) is 0 Å². The molecule has 0 saturated carbocycles. The lowest BCUT2D eigenvalue weighted by atomic mass is 10.6. The smallest absolute Gasteiger partial charge is 0.0944 e. The summed E-state index contributed by atoms with van der Waals surface area (Å²) in [4.78, 5) is 0. The minimum atomic E-state index is 0. The maximum absolute atomic E-state index is 5.27. The van der Waals surface area contributed by atoms with Gasteiger partial charge in [-0.15, -0.1) is 11.6 Å². The van der Waals surface area contributed by atoms with Crippen LogP contribution < -0.4 is 0 Å². The molecule has 6 heavy (non-hydrogen) atoms. The van der Waals surface area contributed by atoms with Crippen LogP contribution in [0.3, 0.4) is 0 Å². The standard InChI is InChI=1S/C3H5ClO.CH4/c4-1-3-2-5-3;/h3H,1-2H2;1H4. The van der Waals surface area contributed by atoms with E-state index in [9.17, 15) is 0 Å². The molecule has 1 saturated heterocycles. The van der Waals surface area contributed by atoms with Gasteiger partial charge in [-0.2, -0.15) is 0 Å². The molecule has 38 valence electrons. The van der Waals surface area contributed by atoms with Crippen LogP contribution in [0.5, 0.6) is 0 Å². The minimum absolute atomic E-state index is 0. The quantitative estimate of drug-likeness (QED) is 0.364. The largest absolute Gasteiger partial charge is 0.372 e. The molecule has 2 heteroatoms. The summed E-state index contributed by atoms with van der Waals surface area (Å²) in [6.07, 6.45) is 0.400. The van der Waals surface area contributed by atoms with Crippen molar-refractivity contribution < 1.29 is 4.74 Å². The molecule has 0 amide bonds. The van der Waals surface area contributed by atoms with Gasteiger partial charge < -0.3 is 4.74 Å². The average Bonchev–Trinajstić information content (AvgIpc) is 2.12. The SMILES string of the molecule is C.ClCC1CO1. The lowest BCUT2D eigenvalue weighted by Crippen LogP contribution is -1.80. The van der Waals surface area contributed by atoms with E-state index in [1.54, 1.807) is 0 Å². The average molecular weight is 109 g/mol. The van der Waals surface area contributed by atoms with Gasteiger partial charge in [0.25, 0.3) is 0 Å². The molecule has 1 unspecified atom stereocenters. The van der Waals surface area contributed by atoms with Crippen LogP contribution in [0.4, 0.5) is 0 Å². The predicted molar refractivity (Wildman–Crippen MR) is 27.2 cm³/mol. The van der Waals surface area contributed by atoms with Gasteiger partial charge in [0.1, 0.15) is 0 Å². The molecule has 0 aromatic rings. The first-order chi connectivity index (χ1) is 2.43. The van der Waals surface area contributed by atoms with Crippen molar-refractivity contribution in [3.05, 3.63) is 0 Å². The van der Waals surface area contributed by atoms with E-state index in [0.717, 1.165) is 6.61 Å². The summed E-state index contributed by atoms with van der Waals surface area (Å²) < 4.78 is 4.73. The van der Waals surface area contributed by atoms with Gasteiger partial charge >= 0.3 is 0 Å². The number of epoxide rings is 1. The van der Waals surface area contributed by atoms with Crippen molar-refractivity contribution in [2.45, 2.75) is 13.5 Å². The second-order valence-electron chi connectivity index (χ2n) is 1.11. The van der Waals surface area contributed by atoms with E-state index in [1.807, 2.05) is 0 Å². The van der Waals surface area contributed by atoms with Crippen LogP contribution in [0.2, 0.25) is 0 Å². The number of alkyl halides is 1. The Bertz CT molecular complexity index is 34.5. The number of hydrogen-bond acceptors (Lipinski definition) is 1. The van der Waals surface area contributed by atoms with E-state index in [-0.39, 0.29) is 7.43 Å². The van der Waals surface area contributed by atoms with E-state index in [4.69, 9.17) is 16.3 Å². The topological polar surface area (TPSA) is 12.5 Å². The van der Waals surface area contributed by atoms with E-state index in [0.29, 0.717) is 12.0 Å². The Balaban J connectivity index is 0.000000250. The lowest BCUT2D eigenvalue weighted by molar-refractivity contribution is 0.425. The predicted octanol–water partition coefficient (Wildman–Crippen LogP) is 1.26. The molecule has 0 bridgehead atoms. The molecule has 0 spiro atoms. The highest BCUT2D eigenvalue weighted by Gasteiger charge is 2.19. The van der Waals surface area contributed by atoms with Crippen LogP contribution >= 0.6 is 11.6 Å². The molecule has 0 aromatic heterocycles. The van der Waals surface area contributed by atoms with Gasteiger partial charge in [-0.1, -0.05) is 7.43 Å². The van der Waals surface area contributed by atoms with Gasteiger partial charge in [-0.05, 0) is 0 Å². The molecule has 1 rings (SSSR count). The third kappa shape index (κ3) is 1.63. The summed E-state index contributed by atoms with van der Waals surface area (Å²) in [5, 5.41) is 0. The Labute approximate surface area is 43.3 Å². The highest BCUT2D eigenvalue weighted by molar-refractivity contribution is 6.18. The van der Waals surface area contributed by atoms with Crippen molar-refractivity contribution in [1.29, 1.82) is 0 Å². The van der Waals surface area contributed by atoms with Crippen LogP contribution in [0, 0.1) is 0 Å². The molecule has 1 fully saturated rings. The van der Waals surface area contributed by atoms with Crippen molar-refractivity contribution in [2.75, 3.05) is 12.5 Å². The Morgan fingerprint density at radius 3 is 2.33 bits per heavy atom. The monoisotopic (exact) mass is 108 g/mol. The second-order valence-corrected chi connectivity index (χ2v) is 1.42. The van der Waals surface area contributed by atoms with Crippen molar-refractivity contribution in [1.82, 2.24) is 0 Å². The first-order valence-corrected chi connectivity index (χ1v) is 2.14. The zero-order valence-corrected chi connectivity index (χ0v) is 3.53. The maximum Gasteiger partial charge on any atom is 0.0944 e. The van der Waals surface area contributed by atoms with Crippen molar-refractivity contribution in [2.24, 2.45) is 0 Å². The zero-order valence-electron chi connectivity index (χ0n) is 2.78. The fraction of sp³-hybridized carbons (Fsp3) is 1.00. The van der Waals surface area contributed by atoms with E-state index < -0.39 is 0 Å². The van der Waals surface area contributed by atoms with Crippen LogP contribution in [0.25, 0.3) is 0 Å². The Morgan fingerprint density at radius 2 is 2.33 bits per heavy atom. The van der Waals surface area contributed by atoms with Crippen LogP contribution in [0.15, 0.2) is 0 Å². The summed E-state index contributed by atoms with van der Waals surface area (Å²) in [6.45, 7) is 0.878. The number of rotatable bonds is 1. The van der Waals surface area contributed by atoms with Crippen molar-refractivity contribution in [3.63, 3.8) is 0 Å². The van der Waals surface area contributed by atoms with Gasteiger partial charge in [0, 0.05) is 0 Å². The highest BCUT2D eigenvalue weighted by Crippen LogP contribution is 2.08. The first kappa shape index (κ1) is 6.25. The summed E-state index contributed by atoms with van der Waals surface area (Å²) in [5.74, 6) is 0.667. The molecule has 1 aliphatic rings. The third-order valence-corrected chi connectivity index (χ3v) is 0.919. The van der Waals surface area contributed by atoms with Gasteiger partial charge in [-0.3, -0.25) is 0 Å². The zero-order chi connectivity index (χ0) is 3.70. The van der Waals surface area contributed by atoms with Crippen molar-refractivity contribution >= 4 is 11.6 Å². The summed E-state index contributed by atoms with van der Waals surface area (Å²) in [5.41, 5.74) is 0. The summed E-state index contributed by atoms with van der Waals surface area (Å²) in [7, 11) is 0. The molecule has 1 nitrogen and oxygen atoms in total. The molecular formula is C4H9ClO. The normalized spacial score (nSPS) is 28.5. The molecule has 1 atom stereocenters. The molecule has 1 aliphatic heterocycles. The maximum atomic E-state index is 5.27. The third-order valence-electron chi connectivity index (χ3n) is 0.574. The van der Waals surface area contributed by atoms with Gasteiger partial charge in [-0.25, -0.2) is 0 Å². The molecule has 0 N–H and O–H groups in total. The molecule has 0 radical (unpaired) electrons.